The summed E-state index contributed by atoms with van der Waals surface area (Å²) in [7, 11) is -0.950. The summed E-state index contributed by atoms with van der Waals surface area (Å²) >= 11 is 0. The number of nitrogens with zero attached hydrogens (tertiary/aromatic N) is 1. The molecule has 8 heteroatoms. The first-order valence-corrected chi connectivity index (χ1v) is 10.9. The molecule has 0 radical (unpaired) electrons. The number of rotatable bonds is 7. The largest absolute Gasteiger partial charge is 0.495 e. The van der Waals surface area contributed by atoms with Crippen molar-refractivity contribution in [3.05, 3.63) is 59.7 Å². The van der Waals surface area contributed by atoms with Crippen LogP contribution in [0.1, 0.15) is 28.8 Å². The second-order valence-corrected chi connectivity index (χ2v) is 9.01. The fourth-order valence-electron chi connectivity index (χ4n) is 3.24. The summed E-state index contributed by atoms with van der Waals surface area (Å²) in [5.41, 5.74) is 1.13. The van der Waals surface area contributed by atoms with Gasteiger partial charge in [0.2, 0.25) is 10.0 Å². The topological polar surface area (TPSA) is 84.9 Å². The predicted octanol–water partition coefficient (Wildman–Crippen LogP) is 2.42. The predicted molar refractivity (Wildman–Crippen MR) is 109 cm³/mol. The van der Waals surface area contributed by atoms with E-state index in [1.165, 1.54) is 30.6 Å². The van der Waals surface area contributed by atoms with Crippen LogP contribution in [0, 0.1) is 0 Å². The van der Waals surface area contributed by atoms with Crippen molar-refractivity contribution >= 4 is 15.9 Å². The zero-order chi connectivity index (χ0) is 20.9. The SMILES string of the molecule is COc1ccc(C(=O)NC2CCCOC2)cc1S(=O)(=O)N(C)Cc1ccccc1. The first-order valence-electron chi connectivity index (χ1n) is 9.48. The van der Waals surface area contributed by atoms with E-state index in [1.54, 1.807) is 6.07 Å². The molecule has 156 valence electrons. The smallest absolute Gasteiger partial charge is 0.251 e. The zero-order valence-corrected chi connectivity index (χ0v) is 17.4. The van der Waals surface area contributed by atoms with Crippen molar-refractivity contribution in [2.75, 3.05) is 27.4 Å². The minimum atomic E-state index is -3.87. The quantitative estimate of drug-likeness (QED) is 0.747. The van der Waals surface area contributed by atoms with Crippen LogP contribution in [0.25, 0.3) is 0 Å². The molecule has 1 fully saturated rings. The van der Waals surface area contributed by atoms with Gasteiger partial charge in [0.15, 0.2) is 0 Å². The Morgan fingerprint density at radius 1 is 1.24 bits per heavy atom. The maximum absolute atomic E-state index is 13.2. The van der Waals surface area contributed by atoms with Gasteiger partial charge in [-0.15, -0.1) is 0 Å². The molecule has 2 aromatic rings. The third-order valence-corrected chi connectivity index (χ3v) is 6.68. The van der Waals surface area contributed by atoms with Crippen LogP contribution in [-0.2, 0) is 21.3 Å². The maximum atomic E-state index is 13.2. The molecular weight excluding hydrogens is 392 g/mol. The average Bonchev–Trinajstić information content (AvgIpc) is 2.74. The first kappa shape index (κ1) is 21.3. The van der Waals surface area contributed by atoms with E-state index in [0.29, 0.717) is 13.2 Å². The minimum absolute atomic E-state index is 0.0361. The second-order valence-electron chi connectivity index (χ2n) is 7.00. The van der Waals surface area contributed by atoms with Crippen LogP contribution in [-0.4, -0.2) is 52.0 Å². The van der Waals surface area contributed by atoms with Crippen LogP contribution >= 0.6 is 0 Å². The number of hydrogen-bond donors (Lipinski definition) is 1. The molecule has 1 saturated heterocycles. The van der Waals surface area contributed by atoms with E-state index < -0.39 is 10.0 Å². The van der Waals surface area contributed by atoms with Crippen molar-refractivity contribution in [2.24, 2.45) is 0 Å². The van der Waals surface area contributed by atoms with Gasteiger partial charge in [0, 0.05) is 25.8 Å². The number of ether oxygens (including phenoxy) is 2. The molecule has 0 aromatic heterocycles. The molecule has 2 aromatic carbocycles. The van der Waals surface area contributed by atoms with Crippen molar-refractivity contribution in [1.82, 2.24) is 9.62 Å². The van der Waals surface area contributed by atoms with E-state index in [9.17, 15) is 13.2 Å². The van der Waals surface area contributed by atoms with Crippen molar-refractivity contribution in [3.63, 3.8) is 0 Å². The monoisotopic (exact) mass is 418 g/mol. The Bertz CT molecular complexity index is 941. The normalized spacial score (nSPS) is 17.1. The van der Waals surface area contributed by atoms with Crippen LogP contribution in [0.4, 0.5) is 0 Å². The molecule has 1 amide bonds. The molecule has 1 heterocycles. The van der Waals surface area contributed by atoms with E-state index in [1.807, 2.05) is 30.3 Å². The summed E-state index contributed by atoms with van der Waals surface area (Å²) in [6, 6.07) is 13.7. The fraction of sp³-hybridized carbons (Fsp3) is 0.381. The van der Waals surface area contributed by atoms with E-state index in [2.05, 4.69) is 5.32 Å². The average molecular weight is 419 g/mol. The number of carbonyl (C=O) groups excluding carboxylic acids is 1. The molecule has 3 rings (SSSR count). The van der Waals surface area contributed by atoms with Gasteiger partial charge in [-0.05, 0) is 36.6 Å². The molecule has 7 nitrogen and oxygen atoms in total. The molecule has 29 heavy (non-hydrogen) atoms. The lowest BCUT2D eigenvalue weighted by molar-refractivity contribution is 0.0624. The number of methoxy groups -OCH3 is 1. The van der Waals surface area contributed by atoms with Crippen LogP contribution in [0.15, 0.2) is 53.4 Å². The van der Waals surface area contributed by atoms with Crippen LogP contribution in [0.5, 0.6) is 5.75 Å². The van der Waals surface area contributed by atoms with Crippen molar-refractivity contribution in [2.45, 2.75) is 30.3 Å². The summed E-state index contributed by atoms with van der Waals surface area (Å²) in [5.74, 6) is -0.132. The third-order valence-electron chi connectivity index (χ3n) is 4.86. The van der Waals surface area contributed by atoms with Gasteiger partial charge in [-0.1, -0.05) is 30.3 Å². The van der Waals surface area contributed by atoms with Crippen LogP contribution in [0.3, 0.4) is 0 Å². The number of hydrogen-bond acceptors (Lipinski definition) is 5. The number of sulfonamides is 1. The van der Waals surface area contributed by atoms with E-state index in [4.69, 9.17) is 9.47 Å². The Morgan fingerprint density at radius 2 is 2.00 bits per heavy atom. The van der Waals surface area contributed by atoms with E-state index in [-0.39, 0.29) is 34.7 Å². The van der Waals surface area contributed by atoms with Crippen molar-refractivity contribution in [3.8, 4) is 5.75 Å². The Hall–Kier alpha value is -2.42. The second kappa shape index (κ2) is 9.39. The van der Waals surface area contributed by atoms with Gasteiger partial charge >= 0.3 is 0 Å². The van der Waals surface area contributed by atoms with Crippen LogP contribution in [0.2, 0.25) is 0 Å². The van der Waals surface area contributed by atoms with Crippen molar-refractivity contribution < 1.29 is 22.7 Å². The van der Waals surface area contributed by atoms with Gasteiger partial charge in [-0.2, -0.15) is 4.31 Å². The van der Waals surface area contributed by atoms with Gasteiger partial charge in [-0.3, -0.25) is 4.79 Å². The highest BCUT2D eigenvalue weighted by atomic mass is 32.2. The number of carbonyl (C=O) groups is 1. The molecule has 1 N–H and O–H groups in total. The van der Waals surface area contributed by atoms with Gasteiger partial charge in [0.1, 0.15) is 10.6 Å². The van der Waals surface area contributed by atoms with Crippen molar-refractivity contribution in [1.29, 1.82) is 0 Å². The lowest BCUT2D eigenvalue weighted by atomic mass is 10.1. The van der Waals surface area contributed by atoms with Gasteiger partial charge in [-0.25, -0.2) is 8.42 Å². The summed E-state index contributed by atoms with van der Waals surface area (Å²) in [6.45, 7) is 1.38. The first-order chi connectivity index (χ1) is 13.9. The lowest BCUT2D eigenvalue weighted by Crippen LogP contribution is -2.40. The highest BCUT2D eigenvalue weighted by molar-refractivity contribution is 7.89. The Balaban J connectivity index is 1.84. The third kappa shape index (κ3) is 5.14. The lowest BCUT2D eigenvalue weighted by Gasteiger charge is -2.23. The molecule has 1 aliphatic rings. The zero-order valence-electron chi connectivity index (χ0n) is 16.6. The highest BCUT2D eigenvalue weighted by Crippen LogP contribution is 2.28. The minimum Gasteiger partial charge on any atom is -0.495 e. The fourth-order valence-corrected chi connectivity index (χ4v) is 4.57. The summed E-state index contributed by atoms with van der Waals surface area (Å²) in [5, 5.41) is 2.91. The maximum Gasteiger partial charge on any atom is 0.251 e. The molecule has 0 spiro atoms. The number of benzene rings is 2. The summed E-state index contributed by atoms with van der Waals surface area (Å²) in [4.78, 5) is 12.6. The van der Waals surface area contributed by atoms with Gasteiger partial charge < -0.3 is 14.8 Å². The molecular formula is C21H26N2O5S. The van der Waals surface area contributed by atoms with Gasteiger partial charge in [0.05, 0.1) is 19.8 Å². The van der Waals surface area contributed by atoms with E-state index in [0.717, 1.165) is 18.4 Å². The van der Waals surface area contributed by atoms with E-state index >= 15 is 0 Å². The molecule has 1 atom stereocenters. The standard InChI is InChI=1S/C21H26N2O5S/c1-23(14-16-7-4-3-5-8-16)29(25,26)20-13-17(10-11-19(20)27-2)21(24)22-18-9-6-12-28-15-18/h3-5,7-8,10-11,13,18H,6,9,12,14-15H2,1-2H3,(H,22,24). The molecule has 0 saturated carbocycles. The number of nitrogens with one attached hydrogen (secondary N) is 1. The molecule has 0 aliphatic carbocycles. The number of amides is 1. The Labute approximate surface area is 171 Å². The molecule has 0 bridgehead atoms. The summed E-state index contributed by atoms with van der Waals surface area (Å²) in [6.07, 6.45) is 1.73. The Morgan fingerprint density at radius 3 is 2.66 bits per heavy atom. The summed E-state index contributed by atoms with van der Waals surface area (Å²) < 4.78 is 38.2. The Kier molecular flexibility index (Phi) is 6.89. The van der Waals surface area contributed by atoms with Gasteiger partial charge in [0.25, 0.3) is 5.91 Å². The highest BCUT2D eigenvalue weighted by Gasteiger charge is 2.27. The molecule has 1 unspecified atom stereocenters. The van der Waals surface area contributed by atoms with Crippen LogP contribution < -0.4 is 10.1 Å². The molecule has 1 aliphatic heterocycles.